The van der Waals surface area contributed by atoms with Gasteiger partial charge in [-0.05, 0) is 139 Å². The topological polar surface area (TPSA) is 141 Å². The van der Waals surface area contributed by atoms with Gasteiger partial charge >= 0.3 is 6.18 Å². The van der Waals surface area contributed by atoms with Gasteiger partial charge in [-0.25, -0.2) is 4.98 Å². The number of hydrogen-bond donors (Lipinski definition) is 4. The number of methoxy groups -OCH3 is 1. The zero-order valence-electron chi connectivity index (χ0n) is 34.6. The molecule has 5 aliphatic rings. The number of nitrogens with zero attached hydrogens (tertiary/aromatic N) is 4. The number of ether oxygens (including phenoxy) is 2. The van der Waals surface area contributed by atoms with Gasteiger partial charge < -0.3 is 25.4 Å². The largest absolute Gasteiger partial charge is 0.494 e. The summed E-state index contributed by atoms with van der Waals surface area (Å²) < 4.78 is 52.0. The van der Waals surface area contributed by atoms with Crippen molar-refractivity contribution in [2.75, 3.05) is 49.5 Å². The molecule has 1 saturated heterocycles. The normalized spacial score (nSPS) is 23.2. The summed E-state index contributed by atoms with van der Waals surface area (Å²) in [6, 6.07) is 11.5. The molecule has 2 heterocycles. The fourth-order valence-electron chi connectivity index (χ4n) is 9.49. The first-order valence-corrected chi connectivity index (χ1v) is 19.6. The van der Waals surface area contributed by atoms with Gasteiger partial charge in [0.1, 0.15) is 22.7 Å². The number of alkyl halides is 3. The van der Waals surface area contributed by atoms with Crippen LogP contribution in [0.3, 0.4) is 0 Å². The Morgan fingerprint density at radius 1 is 1.00 bits per heavy atom. The second-order valence-electron chi connectivity index (χ2n) is 16.8. The summed E-state index contributed by atoms with van der Waals surface area (Å²) in [6.07, 6.45) is 5.55. The van der Waals surface area contributed by atoms with E-state index in [0.29, 0.717) is 48.3 Å². The molecule has 4 bridgehead atoms. The molecule has 8 rings (SSSR count). The third-order valence-corrected chi connectivity index (χ3v) is 11.5. The summed E-state index contributed by atoms with van der Waals surface area (Å²) in [5, 5.41) is 20.9. The molecule has 4 N–H and O–H groups in total. The van der Waals surface area contributed by atoms with Gasteiger partial charge in [0.2, 0.25) is 12.4 Å². The van der Waals surface area contributed by atoms with Crippen LogP contribution in [0.25, 0.3) is 0 Å². The average Bonchev–Trinajstić information content (AvgIpc) is 3.67. The number of anilines is 5. The quantitative estimate of drug-likeness (QED) is 0.109. The summed E-state index contributed by atoms with van der Waals surface area (Å²) in [5.74, 6) is 2.25. The fourth-order valence-corrected chi connectivity index (χ4v) is 9.49. The Bertz CT molecular complexity index is 1800. The van der Waals surface area contributed by atoms with Crippen LogP contribution < -0.4 is 25.8 Å². The van der Waals surface area contributed by atoms with Crippen molar-refractivity contribution in [1.82, 2.24) is 20.2 Å². The number of hydrogen-bond acceptors (Lipinski definition) is 11. The maximum absolute atomic E-state index is 13.9. The monoisotopic (exact) mass is 1040 g/mol. The van der Waals surface area contributed by atoms with E-state index in [0.717, 1.165) is 35.1 Å². The first-order chi connectivity index (χ1) is 27.0. The molecule has 5 fully saturated rings. The molecule has 0 spiro atoms. The van der Waals surface area contributed by atoms with Crippen LogP contribution in [0.5, 0.6) is 5.75 Å². The van der Waals surface area contributed by atoms with E-state index in [9.17, 15) is 23.2 Å². The minimum absolute atomic E-state index is 0. The van der Waals surface area contributed by atoms with Gasteiger partial charge in [-0.15, -0.1) is 0 Å². The van der Waals surface area contributed by atoms with Crippen LogP contribution >= 0.6 is 0 Å². The number of hydroxylamine groups is 1. The van der Waals surface area contributed by atoms with Crippen LogP contribution in [-0.2, 0) is 20.5 Å². The van der Waals surface area contributed by atoms with Crippen LogP contribution in [-0.4, -0.2) is 78.4 Å². The fraction of sp³-hybridized carbons (Fsp3) is 0.571. The van der Waals surface area contributed by atoms with E-state index in [-0.39, 0.29) is 53.9 Å². The average molecular weight is 1040 g/mol. The van der Waals surface area contributed by atoms with Gasteiger partial charge in [0.15, 0.2) is 0 Å². The predicted molar refractivity (Wildman–Crippen MR) is 214 cm³/mol. The standard InChI is InChI=1S/C35H43F3N6O2.C5H10O2.C2H5NO.U/c1-21-7-6-8-22(2)30(21)41-32-27(35(36,37)38)19-39-33(42-32)40-28-10-9-26(15-29(28)46-3)44(45)20-34-16-23-13-24(17-34)31(25(14-23)18-34)43-11-4-5-12-43;1-5(2,3)7-4-6;1-3-2-4;/h6-10,15,19,23-25,31,45H,4-5,11-14,16-18,20H2,1-3H3,(H2,39,40,41,42);4H,1-3H3;2H,1H3,(H,3,4);. The summed E-state index contributed by atoms with van der Waals surface area (Å²) >= 11 is 0. The molecular formula is C42H58F3N7O5U. The molecule has 2 atom stereocenters. The van der Waals surface area contributed by atoms with Crippen LogP contribution in [0, 0.1) is 68.1 Å². The van der Waals surface area contributed by atoms with E-state index in [2.05, 4.69) is 35.6 Å². The number of carbonyl (C=O) groups excluding carboxylic acids is 2. The van der Waals surface area contributed by atoms with Crippen molar-refractivity contribution >= 4 is 41.7 Å². The van der Waals surface area contributed by atoms with Crippen molar-refractivity contribution in [1.29, 1.82) is 0 Å². The van der Waals surface area contributed by atoms with Gasteiger partial charge in [-0.1, -0.05) is 18.2 Å². The van der Waals surface area contributed by atoms with Gasteiger partial charge in [-0.3, -0.25) is 24.8 Å². The first-order valence-electron chi connectivity index (χ1n) is 19.6. The van der Waals surface area contributed by atoms with Crippen molar-refractivity contribution in [3.05, 3.63) is 59.3 Å². The van der Waals surface area contributed by atoms with Gasteiger partial charge in [0.25, 0.3) is 6.47 Å². The molecule has 58 heavy (non-hydrogen) atoms. The molecule has 4 aliphatic carbocycles. The van der Waals surface area contributed by atoms with Crippen molar-refractivity contribution in [2.24, 2.45) is 23.2 Å². The van der Waals surface area contributed by atoms with Crippen LogP contribution in [0.15, 0.2) is 42.6 Å². The zero-order chi connectivity index (χ0) is 41.5. The van der Waals surface area contributed by atoms with E-state index < -0.39 is 11.7 Å². The molecule has 1 aromatic heterocycles. The van der Waals surface area contributed by atoms with E-state index in [1.807, 2.05) is 52.8 Å². The Kier molecular flexibility index (Phi) is 16.3. The van der Waals surface area contributed by atoms with E-state index in [4.69, 9.17) is 9.53 Å². The number of amides is 1. The molecule has 16 heteroatoms. The van der Waals surface area contributed by atoms with Crippen molar-refractivity contribution < 1.29 is 68.6 Å². The molecule has 4 saturated carbocycles. The Labute approximate surface area is 363 Å². The Balaban J connectivity index is 0.000000550. The maximum Gasteiger partial charge on any atom is 0.421 e. The minimum Gasteiger partial charge on any atom is -0.494 e. The van der Waals surface area contributed by atoms with Crippen LogP contribution in [0.2, 0.25) is 0 Å². The van der Waals surface area contributed by atoms with E-state index in [1.54, 1.807) is 25.2 Å². The molecule has 2 aromatic carbocycles. The number of aryl methyl sites for hydroxylation is 2. The SMILES string of the molecule is CC(C)(C)OC=O.CNC=O.COc1cc(N(O)CC23CC4CC(C2)C(N2CCCC2)C(C4)C3)ccc1Nc1ncc(C(F)(F)F)c(Nc2c(C)cccc2C)n1.[U]. The summed E-state index contributed by atoms with van der Waals surface area (Å²) in [7, 11) is 3.08. The predicted octanol–water partition coefficient (Wildman–Crippen LogP) is 8.41. The van der Waals surface area contributed by atoms with Crippen molar-refractivity contribution in [3.63, 3.8) is 0 Å². The molecule has 12 nitrogen and oxygen atoms in total. The number of para-hydroxylation sites is 1. The second kappa shape index (κ2) is 20.1. The number of carbonyl (C=O) groups is 2. The molecule has 2 unspecified atom stereocenters. The number of aromatic nitrogens is 2. The molecular weight excluding hydrogens is 978 g/mol. The third kappa shape index (κ3) is 11.8. The maximum atomic E-state index is 13.9. The van der Waals surface area contributed by atoms with Gasteiger partial charge in [0.05, 0.1) is 25.0 Å². The number of rotatable bonds is 11. The summed E-state index contributed by atoms with van der Waals surface area (Å²) in [5.41, 5.74) is 2.07. The molecule has 1 aliphatic heterocycles. The smallest absolute Gasteiger partial charge is 0.421 e. The minimum atomic E-state index is -4.65. The van der Waals surface area contributed by atoms with Crippen LogP contribution in [0.1, 0.15) is 82.4 Å². The molecule has 0 radical (unpaired) electrons. The van der Waals surface area contributed by atoms with Crippen LogP contribution in [0.4, 0.5) is 42.0 Å². The first kappa shape index (κ1) is 47.1. The second-order valence-corrected chi connectivity index (χ2v) is 16.8. The van der Waals surface area contributed by atoms with Crippen molar-refractivity contribution in [3.8, 4) is 5.75 Å². The molecule has 1 amide bonds. The number of likely N-dealkylation sites (tertiary alicyclic amines) is 1. The number of benzene rings is 2. The Morgan fingerprint density at radius 3 is 2.14 bits per heavy atom. The Hall–Kier alpha value is -3.58. The van der Waals surface area contributed by atoms with Crippen molar-refractivity contribution in [2.45, 2.75) is 97.4 Å². The van der Waals surface area contributed by atoms with Gasteiger partial charge in [-0.2, -0.15) is 18.2 Å². The Morgan fingerprint density at radius 2 is 1.62 bits per heavy atom. The van der Waals surface area contributed by atoms with E-state index >= 15 is 0 Å². The number of nitrogens with one attached hydrogen (secondary N) is 3. The zero-order valence-corrected chi connectivity index (χ0v) is 38.7. The van der Waals surface area contributed by atoms with E-state index in [1.165, 1.54) is 70.2 Å². The summed E-state index contributed by atoms with van der Waals surface area (Å²) in [6.45, 7) is 12.6. The molecule has 3 aromatic rings. The number of halogens is 3. The van der Waals surface area contributed by atoms with Gasteiger partial charge in [0, 0.05) is 62.2 Å². The molecule has 316 valence electrons. The summed E-state index contributed by atoms with van der Waals surface area (Å²) in [4.78, 5) is 29.6. The third-order valence-electron chi connectivity index (χ3n) is 11.5.